The third-order valence-electron chi connectivity index (χ3n) is 4.51. The first kappa shape index (κ1) is 21.6. The predicted molar refractivity (Wildman–Crippen MR) is 114 cm³/mol. The van der Waals surface area contributed by atoms with Crippen molar-refractivity contribution in [2.24, 2.45) is 0 Å². The van der Waals surface area contributed by atoms with Crippen LogP contribution in [0.3, 0.4) is 0 Å². The molecule has 2 N–H and O–H groups in total. The van der Waals surface area contributed by atoms with E-state index in [1.54, 1.807) is 56.5 Å². The molecule has 2 amide bonds. The smallest absolute Gasteiger partial charge is 0.278 e. The van der Waals surface area contributed by atoms with Gasteiger partial charge in [0.25, 0.3) is 5.91 Å². The number of amides is 2. The Balaban J connectivity index is 1.65. The van der Waals surface area contributed by atoms with Crippen LogP contribution in [0.5, 0.6) is 17.2 Å². The Labute approximate surface area is 179 Å². The van der Waals surface area contributed by atoms with Crippen molar-refractivity contribution in [3.8, 4) is 17.2 Å². The third-order valence-corrected chi connectivity index (χ3v) is 4.51. The maximum atomic E-state index is 12.5. The van der Waals surface area contributed by atoms with Crippen LogP contribution in [0.25, 0.3) is 0 Å². The SMILES string of the molecule is COc1ccc(NC(=O)c2nnn(CC(=O)Nc3ccc(OC)c(OC)c3)c2C)cc1. The number of carbonyl (C=O) groups excluding carboxylic acids is 2. The molecule has 3 rings (SSSR count). The molecule has 0 unspecified atom stereocenters. The Hall–Kier alpha value is -4.08. The molecule has 0 spiro atoms. The summed E-state index contributed by atoms with van der Waals surface area (Å²) >= 11 is 0. The maximum Gasteiger partial charge on any atom is 0.278 e. The molecule has 10 nitrogen and oxygen atoms in total. The number of benzene rings is 2. The summed E-state index contributed by atoms with van der Waals surface area (Å²) in [6.07, 6.45) is 0. The van der Waals surface area contributed by atoms with Crippen LogP contribution >= 0.6 is 0 Å². The molecule has 10 heteroatoms. The number of nitrogens with zero attached hydrogens (tertiary/aromatic N) is 3. The lowest BCUT2D eigenvalue weighted by molar-refractivity contribution is -0.117. The maximum absolute atomic E-state index is 12.5. The first-order valence-electron chi connectivity index (χ1n) is 9.32. The zero-order valence-electron chi connectivity index (χ0n) is 17.6. The normalized spacial score (nSPS) is 10.3. The zero-order valence-corrected chi connectivity index (χ0v) is 17.6. The fourth-order valence-electron chi connectivity index (χ4n) is 2.84. The monoisotopic (exact) mass is 425 g/mol. The Morgan fingerprint density at radius 1 is 0.903 bits per heavy atom. The lowest BCUT2D eigenvalue weighted by Crippen LogP contribution is -2.21. The number of rotatable bonds is 8. The predicted octanol–water partition coefficient (Wildman–Crippen LogP) is 2.50. The second-order valence-corrected chi connectivity index (χ2v) is 6.48. The van der Waals surface area contributed by atoms with Crippen LogP contribution in [0, 0.1) is 6.92 Å². The molecule has 3 aromatic rings. The quantitative estimate of drug-likeness (QED) is 0.569. The van der Waals surface area contributed by atoms with Gasteiger partial charge in [0.05, 0.1) is 27.0 Å². The fraction of sp³-hybridized carbons (Fsp3) is 0.238. The van der Waals surface area contributed by atoms with Gasteiger partial charge in [-0.15, -0.1) is 5.10 Å². The largest absolute Gasteiger partial charge is 0.497 e. The molecule has 162 valence electrons. The second-order valence-electron chi connectivity index (χ2n) is 6.48. The third kappa shape index (κ3) is 5.10. The minimum absolute atomic E-state index is 0.108. The number of hydrogen-bond acceptors (Lipinski definition) is 7. The average Bonchev–Trinajstić information content (AvgIpc) is 3.14. The highest BCUT2D eigenvalue weighted by Gasteiger charge is 2.18. The Morgan fingerprint density at radius 3 is 2.23 bits per heavy atom. The summed E-state index contributed by atoms with van der Waals surface area (Å²) in [5.41, 5.74) is 1.73. The van der Waals surface area contributed by atoms with Crippen molar-refractivity contribution in [1.82, 2.24) is 15.0 Å². The van der Waals surface area contributed by atoms with E-state index < -0.39 is 5.91 Å². The van der Waals surface area contributed by atoms with Crippen molar-refractivity contribution in [3.63, 3.8) is 0 Å². The van der Waals surface area contributed by atoms with Crippen LogP contribution in [0.15, 0.2) is 42.5 Å². The van der Waals surface area contributed by atoms with Gasteiger partial charge in [0.1, 0.15) is 12.3 Å². The van der Waals surface area contributed by atoms with E-state index in [4.69, 9.17) is 14.2 Å². The molecule has 0 aliphatic carbocycles. The van der Waals surface area contributed by atoms with E-state index in [1.807, 2.05) is 0 Å². The summed E-state index contributed by atoms with van der Waals surface area (Å²) < 4.78 is 16.9. The van der Waals surface area contributed by atoms with E-state index >= 15 is 0 Å². The van der Waals surface area contributed by atoms with Gasteiger partial charge in [-0.1, -0.05) is 5.21 Å². The van der Waals surface area contributed by atoms with Gasteiger partial charge in [-0.2, -0.15) is 0 Å². The van der Waals surface area contributed by atoms with Gasteiger partial charge in [0.15, 0.2) is 17.2 Å². The van der Waals surface area contributed by atoms with E-state index in [1.165, 1.54) is 18.9 Å². The van der Waals surface area contributed by atoms with Crippen molar-refractivity contribution in [3.05, 3.63) is 53.9 Å². The highest BCUT2D eigenvalue weighted by Crippen LogP contribution is 2.29. The fourth-order valence-corrected chi connectivity index (χ4v) is 2.84. The van der Waals surface area contributed by atoms with Gasteiger partial charge in [0, 0.05) is 17.4 Å². The van der Waals surface area contributed by atoms with Crippen molar-refractivity contribution in [2.75, 3.05) is 32.0 Å². The molecule has 0 saturated heterocycles. The lowest BCUT2D eigenvalue weighted by atomic mass is 10.2. The van der Waals surface area contributed by atoms with Crippen LogP contribution in [-0.4, -0.2) is 48.1 Å². The Kier molecular flexibility index (Phi) is 6.71. The molecule has 1 aromatic heterocycles. The topological polar surface area (TPSA) is 117 Å². The molecular weight excluding hydrogens is 402 g/mol. The van der Waals surface area contributed by atoms with Crippen LogP contribution in [0.4, 0.5) is 11.4 Å². The number of ether oxygens (including phenoxy) is 3. The molecule has 0 aliphatic heterocycles. The molecular formula is C21H23N5O5. The van der Waals surface area contributed by atoms with Gasteiger partial charge in [-0.25, -0.2) is 4.68 Å². The minimum Gasteiger partial charge on any atom is -0.497 e. The van der Waals surface area contributed by atoms with Gasteiger partial charge >= 0.3 is 0 Å². The molecule has 0 atom stereocenters. The number of carbonyl (C=O) groups is 2. The summed E-state index contributed by atoms with van der Waals surface area (Å²) in [6, 6.07) is 11.9. The standard InChI is InChI=1S/C21H23N5O5/c1-13-20(21(28)23-14-5-8-16(29-2)9-6-14)24-25-26(13)12-19(27)22-15-7-10-17(30-3)18(11-15)31-4/h5-11H,12H2,1-4H3,(H,22,27)(H,23,28). The van der Waals surface area contributed by atoms with Crippen LogP contribution < -0.4 is 24.8 Å². The van der Waals surface area contributed by atoms with E-state index in [9.17, 15) is 9.59 Å². The van der Waals surface area contributed by atoms with E-state index in [-0.39, 0.29) is 18.1 Å². The van der Waals surface area contributed by atoms with E-state index in [2.05, 4.69) is 20.9 Å². The van der Waals surface area contributed by atoms with Gasteiger partial charge in [-0.05, 0) is 43.3 Å². The van der Waals surface area contributed by atoms with Gasteiger partial charge in [-0.3, -0.25) is 9.59 Å². The van der Waals surface area contributed by atoms with Crippen molar-refractivity contribution >= 4 is 23.2 Å². The van der Waals surface area contributed by atoms with Gasteiger partial charge < -0.3 is 24.8 Å². The summed E-state index contributed by atoms with van der Waals surface area (Å²) in [4.78, 5) is 25.0. The molecule has 0 fully saturated rings. The van der Waals surface area contributed by atoms with Crippen molar-refractivity contribution < 1.29 is 23.8 Å². The molecule has 2 aromatic carbocycles. The molecule has 1 heterocycles. The molecule has 0 bridgehead atoms. The van der Waals surface area contributed by atoms with E-state index in [0.717, 1.165) is 0 Å². The Bertz CT molecular complexity index is 1080. The number of nitrogens with one attached hydrogen (secondary N) is 2. The first-order valence-corrected chi connectivity index (χ1v) is 9.32. The number of aromatic nitrogens is 3. The summed E-state index contributed by atoms with van der Waals surface area (Å²) in [5.74, 6) is 0.979. The average molecular weight is 425 g/mol. The summed E-state index contributed by atoms with van der Waals surface area (Å²) in [6.45, 7) is 1.57. The number of methoxy groups -OCH3 is 3. The summed E-state index contributed by atoms with van der Waals surface area (Å²) in [7, 11) is 4.61. The zero-order chi connectivity index (χ0) is 22.4. The highest BCUT2D eigenvalue weighted by molar-refractivity contribution is 6.03. The lowest BCUT2D eigenvalue weighted by Gasteiger charge is -2.11. The highest BCUT2D eigenvalue weighted by atomic mass is 16.5. The first-order chi connectivity index (χ1) is 14.9. The number of anilines is 2. The van der Waals surface area contributed by atoms with Crippen LogP contribution in [0.2, 0.25) is 0 Å². The number of hydrogen-bond donors (Lipinski definition) is 2. The minimum atomic E-state index is -0.422. The van der Waals surface area contributed by atoms with Crippen LogP contribution in [-0.2, 0) is 11.3 Å². The molecule has 0 radical (unpaired) electrons. The van der Waals surface area contributed by atoms with Gasteiger partial charge in [0.2, 0.25) is 5.91 Å². The summed E-state index contributed by atoms with van der Waals surface area (Å²) in [5, 5.41) is 13.3. The Morgan fingerprint density at radius 2 is 1.58 bits per heavy atom. The van der Waals surface area contributed by atoms with Crippen molar-refractivity contribution in [1.29, 1.82) is 0 Å². The molecule has 0 saturated carbocycles. The molecule has 0 aliphatic rings. The second kappa shape index (κ2) is 9.61. The van der Waals surface area contributed by atoms with Crippen molar-refractivity contribution in [2.45, 2.75) is 13.5 Å². The van der Waals surface area contributed by atoms with Crippen LogP contribution in [0.1, 0.15) is 16.2 Å². The molecule has 31 heavy (non-hydrogen) atoms. The van der Waals surface area contributed by atoms with E-state index in [0.29, 0.717) is 34.3 Å².